The number of ether oxygens (including phenoxy) is 1. The molecule has 1 unspecified atom stereocenters. The van der Waals surface area contributed by atoms with E-state index in [0.29, 0.717) is 10.0 Å². The average molecular weight is 289 g/mol. The zero-order valence-corrected chi connectivity index (χ0v) is 12.0. The SMILES string of the molecule is CN(Cc1ccc(Cl)c(Cl)c1)CC1CNCCO1. The first kappa shape index (κ1) is 14.1. The fourth-order valence-corrected chi connectivity index (χ4v) is 2.42. The van der Waals surface area contributed by atoms with Crippen LogP contribution >= 0.6 is 23.2 Å². The van der Waals surface area contributed by atoms with Crippen molar-refractivity contribution in [3.05, 3.63) is 33.8 Å². The lowest BCUT2D eigenvalue weighted by Gasteiger charge is -2.28. The van der Waals surface area contributed by atoms with Crippen molar-refractivity contribution in [3.63, 3.8) is 0 Å². The first-order valence-corrected chi connectivity index (χ1v) is 6.85. The fraction of sp³-hybridized carbons (Fsp3) is 0.538. The number of halogens is 2. The van der Waals surface area contributed by atoms with Crippen LogP contribution in [0.15, 0.2) is 18.2 Å². The number of likely N-dealkylation sites (N-methyl/N-ethyl adjacent to an activating group) is 1. The number of morpholine rings is 1. The molecule has 1 atom stereocenters. The van der Waals surface area contributed by atoms with Crippen molar-refractivity contribution in [1.82, 2.24) is 10.2 Å². The van der Waals surface area contributed by atoms with E-state index in [-0.39, 0.29) is 6.10 Å². The molecule has 1 saturated heterocycles. The van der Waals surface area contributed by atoms with Gasteiger partial charge in [0.2, 0.25) is 0 Å². The summed E-state index contributed by atoms with van der Waals surface area (Å²) in [5.41, 5.74) is 1.16. The first-order chi connectivity index (χ1) is 8.65. The third kappa shape index (κ3) is 4.11. The summed E-state index contributed by atoms with van der Waals surface area (Å²) in [5.74, 6) is 0. The molecular weight excluding hydrogens is 271 g/mol. The van der Waals surface area contributed by atoms with Gasteiger partial charge in [0.15, 0.2) is 0 Å². The Kier molecular flexibility index (Phi) is 5.27. The number of benzene rings is 1. The molecular formula is C13H18Cl2N2O. The van der Waals surface area contributed by atoms with Gasteiger partial charge >= 0.3 is 0 Å². The van der Waals surface area contributed by atoms with Gasteiger partial charge in [-0.2, -0.15) is 0 Å². The van der Waals surface area contributed by atoms with Crippen LogP contribution in [0.1, 0.15) is 5.56 Å². The summed E-state index contributed by atoms with van der Waals surface area (Å²) < 4.78 is 5.68. The minimum Gasteiger partial charge on any atom is -0.374 e. The summed E-state index contributed by atoms with van der Waals surface area (Å²) in [5, 5.41) is 4.54. The molecule has 1 aliphatic heterocycles. The number of nitrogens with one attached hydrogen (secondary N) is 1. The molecule has 1 aromatic carbocycles. The Bertz CT molecular complexity index is 395. The molecule has 1 heterocycles. The van der Waals surface area contributed by atoms with Gasteiger partial charge in [-0.05, 0) is 24.7 Å². The summed E-state index contributed by atoms with van der Waals surface area (Å²) in [6, 6.07) is 5.76. The molecule has 1 aliphatic rings. The predicted octanol–water partition coefficient (Wildman–Crippen LogP) is 2.41. The van der Waals surface area contributed by atoms with Gasteiger partial charge in [0.1, 0.15) is 0 Å². The van der Waals surface area contributed by atoms with Gasteiger partial charge < -0.3 is 10.1 Å². The summed E-state index contributed by atoms with van der Waals surface area (Å²) in [7, 11) is 2.08. The minimum absolute atomic E-state index is 0.270. The minimum atomic E-state index is 0.270. The largest absolute Gasteiger partial charge is 0.374 e. The molecule has 0 aliphatic carbocycles. The molecule has 1 fully saturated rings. The normalized spacial score (nSPS) is 20.3. The van der Waals surface area contributed by atoms with Crippen LogP contribution in [0.4, 0.5) is 0 Å². The third-order valence-corrected chi connectivity index (χ3v) is 3.70. The maximum atomic E-state index is 6.00. The van der Waals surface area contributed by atoms with Crippen LogP contribution in [0.5, 0.6) is 0 Å². The van der Waals surface area contributed by atoms with E-state index in [1.165, 1.54) is 0 Å². The molecule has 2 rings (SSSR count). The van der Waals surface area contributed by atoms with E-state index in [0.717, 1.165) is 38.3 Å². The van der Waals surface area contributed by atoms with E-state index in [1.54, 1.807) is 0 Å². The van der Waals surface area contributed by atoms with Crippen molar-refractivity contribution in [2.24, 2.45) is 0 Å². The Labute approximate surface area is 118 Å². The molecule has 1 N–H and O–H groups in total. The highest BCUT2D eigenvalue weighted by atomic mass is 35.5. The molecule has 100 valence electrons. The second-order valence-corrected chi connectivity index (χ2v) is 5.46. The molecule has 0 radical (unpaired) electrons. The van der Waals surface area contributed by atoms with Crippen molar-refractivity contribution >= 4 is 23.2 Å². The van der Waals surface area contributed by atoms with Crippen molar-refractivity contribution in [2.75, 3.05) is 33.3 Å². The van der Waals surface area contributed by atoms with Crippen LogP contribution in [0, 0.1) is 0 Å². The highest BCUT2D eigenvalue weighted by Gasteiger charge is 2.15. The quantitative estimate of drug-likeness (QED) is 0.921. The van der Waals surface area contributed by atoms with E-state index in [2.05, 4.69) is 17.3 Å². The van der Waals surface area contributed by atoms with Crippen molar-refractivity contribution in [2.45, 2.75) is 12.6 Å². The number of hydrogen-bond acceptors (Lipinski definition) is 3. The maximum Gasteiger partial charge on any atom is 0.0826 e. The lowest BCUT2D eigenvalue weighted by molar-refractivity contribution is 0.00885. The van der Waals surface area contributed by atoms with Crippen LogP contribution < -0.4 is 5.32 Å². The molecule has 0 amide bonds. The van der Waals surface area contributed by atoms with E-state index in [4.69, 9.17) is 27.9 Å². The van der Waals surface area contributed by atoms with E-state index >= 15 is 0 Å². The molecule has 0 aromatic heterocycles. The topological polar surface area (TPSA) is 24.5 Å². The zero-order chi connectivity index (χ0) is 13.0. The first-order valence-electron chi connectivity index (χ1n) is 6.10. The van der Waals surface area contributed by atoms with Crippen LogP contribution in [-0.2, 0) is 11.3 Å². The standard InChI is InChI=1S/C13H18Cl2N2O/c1-17(9-11-7-16-4-5-18-11)8-10-2-3-12(14)13(15)6-10/h2-3,6,11,16H,4-5,7-9H2,1H3. The smallest absolute Gasteiger partial charge is 0.0826 e. The molecule has 0 bridgehead atoms. The summed E-state index contributed by atoms with van der Waals surface area (Å²) in [4.78, 5) is 2.23. The number of nitrogens with zero attached hydrogens (tertiary/aromatic N) is 1. The Morgan fingerprint density at radius 2 is 2.22 bits per heavy atom. The molecule has 1 aromatic rings. The van der Waals surface area contributed by atoms with Crippen molar-refractivity contribution < 1.29 is 4.74 Å². The van der Waals surface area contributed by atoms with E-state index in [9.17, 15) is 0 Å². The third-order valence-electron chi connectivity index (χ3n) is 2.96. The zero-order valence-electron chi connectivity index (χ0n) is 10.5. The highest BCUT2D eigenvalue weighted by molar-refractivity contribution is 6.42. The van der Waals surface area contributed by atoms with Crippen molar-refractivity contribution in [1.29, 1.82) is 0 Å². The van der Waals surface area contributed by atoms with Crippen LogP contribution in [-0.4, -0.2) is 44.3 Å². The number of hydrogen-bond donors (Lipinski definition) is 1. The van der Waals surface area contributed by atoms with Gasteiger partial charge in [0, 0.05) is 26.2 Å². The monoisotopic (exact) mass is 288 g/mol. The Morgan fingerprint density at radius 3 is 2.89 bits per heavy atom. The molecule has 0 saturated carbocycles. The fourth-order valence-electron chi connectivity index (χ4n) is 2.10. The van der Waals surface area contributed by atoms with Gasteiger partial charge in [-0.1, -0.05) is 29.3 Å². The predicted molar refractivity (Wildman–Crippen MR) is 75.4 cm³/mol. The Balaban J connectivity index is 1.85. The highest BCUT2D eigenvalue weighted by Crippen LogP contribution is 2.23. The second kappa shape index (κ2) is 6.73. The average Bonchev–Trinajstić information content (AvgIpc) is 2.35. The molecule has 0 spiro atoms. The Hall–Kier alpha value is -0.320. The van der Waals surface area contributed by atoms with Crippen molar-refractivity contribution in [3.8, 4) is 0 Å². The molecule has 3 nitrogen and oxygen atoms in total. The van der Waals surface area contributed by atoms with Gasteiger partial charge in [0.25, 0.3) is 0 Å². The lowest BCUT2D eigenvalue weighted by atomic mass is 10.2. The van der Waals surface area contributed by atoms with Gasteiger partial charge in [-0.25, -0.2) is 0 Å². The maximum absolute atomic E-state index is 6.00. The number of rotatable bonds is 4. The van der Waals surface area contributed by atoms with Gasteiger partial charge in [-0.15, -0.1) is 0 Å². The summed E-state index contributed by atoms with van der Waals surface area (Å²) >= 11 is 11.9. The summed E-state index contributed by atoms with van der Waals surface area (Å²) in [6.45, 7) is 4.42. The Morgan fingerprint density at radius 1 is 1.39 bits per heavy atom. The second-order valence-electron chi connectivity index (χ2n) is 4.64. The van der Waals surface area contributed by atoms with Crippen LogP contribution in [0.25, 0.3) is 0 Å². The summed E-state index contributed by atoms with van der Waals surface area (Å²) in [6.07, 6.45) is 0.270. The van der Waals surface area contributed by atoms with Crippen LogP contribution in [0.2, 0.25) is 10.0 Å². The molecule has 5 heteroatoms. The van der Waals surface area contributed by atoms with Gasteiger partial charge in [0.05, 0.1) is 22.8 Å². The van der Waals surface area contributed by atoms with E-state index < -0.39 is 0 Å². The van der Waals surface area contributed by atoms with Gasteiger partial charge in [-0.3, -0.25) is 4.90 Å². The molecule has 18 heavy (non-hydrogen) atoms. The lowest BCUT2D eigenvalue weighted by Crippen LogP contribution is -2.44. The van der Waals surface area contributed by atoms with E-state index in [1.807, 2.05) is 18.2 Å². The van der Waals surface area contributed by atoms with Crippen LogP contribution in [0.3, 0.4) is 0 Å².